The number of hydrogen-bond donors (Lipinski definition) is 0. The molecule has 1 unspecified atom stereocenters. The van der Waals surface area contributed by atoms with E-state index in [4.69, 9.17) is 4.74 Å². The molecule has 0 aliphatic carbocycles. The van der Waals surface area contributed by atoms with Crippen molar-refractivity contribution in [3.63, 3.8) is 0 Å². The van der Waals surface area contributed by atoms with E-state index < -0.39 is 4.45 Å². The van der Waals surface area contributed by atoms with Crippen LogP contribution in [0.4, 0.5) is 5.69 Å². The lowest BCUT2D eigenvalue weighted by Crippen LogP contribution is -2.48. The van der Waals surface area contributed by atoms with Crippen LogP contribution in [-0.4, -0.2) is 27.8 Å². The molecule has 5 heteroatoms. The van der Waals surface area contributed by atoms with Crippen molar-refractivity contribution in [1.82, 2.24) is 4.90 Å². The average Bonchev–Trinajstić information content (AvgIpc) is 2.75. The number of alkyl halides is 1. The summed E-state index contributed by atoms with van der Waals surface area (Å²) in [4.78, 5) is 18.8. The van der Waals surface area contributed by atoms with Crippen LogP contribution < -0.4 is 0 Å². The van der Waals surface area contributed by atoms with Gasteiger partial charge in [-0.3, -0.25) is 0 Å². The molecule has 0 amide bonds. The van der Waals surface area contributed by atoms with Crippen molar-refractivity contribution in [2.45, 2.75) is 30.8 Å². The highest BCUT2D eigenvalue weighted by atomic mass is 79.9. The molecule has 19 heavy (non-hydrogen) atoms. The minimum absolute atomic E-state index is 0.223. The first-order valence-electron chi connectivity index (χ1n) is 6.44. The van der Waals surface area contributed by atoms with Crippen molar-refractivity contribution in [1.29, 1.82) is 0 Å². The van der Waals surface area contributed by atoms with Crippen molar-refractivity contribution in [3.8, 4) is 0 Å². The molecule has 1 fully saturated rings. The van der Waals surface area contributed by atoms with Gasteiger partial charge in [0.05, 0.1) is 12.3 Å². The van der Waals surface area contributed by atoms with Gasteiger partial charge in [0.15, 0.2) is 4.45 Å². The molecular formula is C14H15BrN2O2. The van der Waals surface area contributed by atoms with Crippen LogP contribution in [0.15, 0.2) is 29.3 Å². The zero-order chi connectivity index (χ0) is 13.5. The lowest BCUT2D eigenvalue weighted by Gasteiger charge is -2.35. The molecule has 0 bridgehead atoms. The highest BCUT2D eigenvalue weighted by Crippen LogP contribution is 2.42. The first kappa shape index (κ1) is 12.7. The zero-order valence-electron chi connectivity index (χ0n) is 10.7. The molecule has 2 heterocycles. The van der Waals surface area contributed by atoms with Gasteiger partial charge < -0.3 is 9.64 Å². The summed E-state index contributed by atoms with van der Waals surface area (Å²) < 4.78 is 4.43. The number of amidine groups is 1. The number of halogens is 1. The van der Waals surface area contributed by atoms with Crippen molar-refractivity contribution in [2.75, 3.05) is 6.61 Å². The van der Waals surface area contributed by atoms with E-state index in [1.54, 1.807) is 0 Å². The van der Waals surface area contributed by atoms with E-state index in [-0.39, 0.29) is 5.97 Å². The third kappa shape index (κ3) is 1.96. The van der Waals surface area contributed by atoms with E-state index >= 15 is 0 Å². The number of nitrogens with zero attached hydrogens (tertiary/aromatic N) is 2. The Bertz CT molecular complexity index is 558. The van der Waals surface area contributed by atoms with E-state index in [1.807, 2.05) is 36.1 Å². The summed E-state index contributed by atoms with van der Waals surface area (Å²) in [5.74, 6) is 0.739. The smallest absolute Gasteiger partial charge is 0.343 e. The minimum atomic E-state index is -0.755. The second kappa shape index (κ2) is 4.63. The SMILES string of the molecule is CCOC(=O)C1(Br)CCC2=Nc3ccccc3CN21. The first-order chi connectivity index (χ1) is 9.15. The van der Waals surface area contributed by atoms with Crippen molar-refractivity contribution in [3.05, 3.63) is 29.8 Å². The number of ether oxygens (including phenoxy) is 1. The molecule has 2 aliphatic rings. The van der Waals surface area contributed by atoms with Crippen LogP contribution in [0.5, 0.6) is 0 Å². The number of fused-ring (bicyclic) bond motifs is 2. The minimum Gasteiger partial charge on any atom is -0.464 e. The summed E-state index contributed by atoms with van der Waals surface area (Å²) >= 11 is 3.58. The molecular weight excluding hydrogens is 308 g/mol. The summed E-state index contributed by atoms with van der Waals surface area (Å²) in [6.45, 7) is 2.91. The van der Waals surface area contributed by atoms with E-state index in [1.165, 1.54) is 0 Å². The number of benzene rings is 1. The maximum Gasteiger partial charge on any atom is 0.343 e. The highest BCUT2D eigenvalue weighted by molar-refractivity contribution is 9.10. The number of para-hydroxylation sites is 1. The van der Waals surface area contributed by atoms with Crippen LogP contribution in [0.3, 0.4) is 0 Å². The van der Waals surface area contributed by atoms with E-state index in [2.05, 4.69) is 20.9 Å². The number of aliphatic imine (C=N–C) groups is 1. The molecule has 0 radical (unpaired) electrons. The number of carbonyl (C=O) groups is 1. The molecule has 3 rings (SSSR count). The second-order valence-electron chi connectivity index (χ2n) is 4.72. The molecule has 1 aromatic carbocycles. The van der Waals surface area contributed by atoms with Gasteiger partial charge in [0.1, 0.15) is 5.84 Å². The number of rotatable bonds is 2. The van der Waals surface area contributed by atoms with Crippen LogP contribution in [-0.2, 0) is 16.1 Å². The van der Waals surface area contributed by atoms with Gasteiger partial charge in [-0.1, -0.05) is 18.2 Å². The Morgan fingerprint density at radius 3 is 3.11 bits per heavy atom. The fourth-order valence-electron chi connectivity index (χ4n) is 2.60. The summed E-state index contributed by atoms with van der Waals surface area (Å²) in [7, 11) is 0. The van der Waals surface area contributed by atoms with Gasteiger partial charge in [0, 0.05) is 13.0 Å². The fraction of sp³-hybridized carbons (Fsp3) is 0.429. The first-order valence-corrected chi connectivity index (χ1v) is 7.23. The molecule has 0 aromatic heterocycles. The molecule has 1 aromatic rings. The summed E-state index contributed by atoms with van der Waals surface area (Å²) in [5.41, 5.74) is 2.15. The van der Waals surface area contributed by atoms with Crippen molar-refractivity contribution < 1.29 is 9.53 Å². The van der Waals surface area contributed by atoms with Crippen molar-refractivity contribution in [2.24, 2.45) is 4.99 Å². The second-order valence-corrected chi connectivity index (χ2v) is 6.03. The standard InChI is InChI=1S/C14H15BrN2O2/c1-2-19-13(18)14(15)8-7-12-16-11-6-4-3-5-10(11)9-17(12)14/h3-6H,2,7-9H2,1H3. The van der Waals surface area contributed by atoms with Gasteiger partial charge in [-0.15, -0.1) is 0 Å². The van der Waals surface area contributed by atoms with Gasteiger partial charge >= 0.3 is 5.97 Å². The van der Waals surface area contributed by atoms with Crippen molar-refractivity contribution >= 4 is 33.4 Å². The quantitative estimate of drug-likeness (QED) is 0.477. The summed E-state index contributed by atoms with van der Waals surface area (Å²) in [5, 5.41) is 0. The predicted octanol–water partition coefficient (Wildman–Crippen LogP) is 2.98. The average molecular weight is 323 g/mol. The fourth-order valence-corrected chi connectivity index (χ4v) is 3.24. The normalized spacial score (nSPS) is 24.5. The number of esters is 1. The molecule has 0 N–H and O–H groups in total. The van der Waals surface area contributed by atoms with E-state index in [0.717, 1.165) is 23.5 Å². The predicted molar refractivity (Wildman–Crippen MR) is 76.6 cm³/mol. The lowest BCUT2D eigenvalue weighted by atomic mass is 10.1. The van der Waals surface area contributed by atoms with Gasteiger partial charge in [-0.05, 0) is 40.9 Å². The molecule has 0 saturated carbocycles. The molecule has 1 saturated heterocycles. The number of hydrogen-bond acceptors (Lipinski definition) is 4. The molecule has 4 nitrogen and oxygen atoms in total. The maximum absolute atomic E-state index is 12.2. The lowest BCUT2D eigenvalue weighted by molar-refractivity contribution is -0.149. The summed E-state index contributed by atoms with van der Waals surface area (Å²) in [6, 6.07) is 8.04. The molecule has 0 spiro atoms. The Labute approximate surface area is 120 Å². The van der Waals surface area contributed by atoms with Crippen LogP contribution in [0, 0.1) is 0 Å². The Morgan fingerprint density at radius 1 is 1.53 bits per heavy atom. The third-order valence-corrected chi connectivity index (χ3v) is 4.73. The molecule has 100 valence electrons. The highest BCUT2D eigenvalue weighted by Gasteiger charge is 2.50. The van der Waals surface area contributed by atoms with Gasteiger partial charge in [-0.25, -0.2) is 9.79 Å². The maximum atomic E-state index is 12.2. The Kier molecular flexibility index (Phi) is 3.09. The van der Waals surface area contributed by atoms with Crippen LogP contribution >= 0.6 is 15.9 Å². The monoisotopic (exact) mass is 322 g/mol. The van der Waals surface area contributed by atoms with E-state index in [0.29, 0.717) is 19.6 Å². The topological polar surface area (TPSA) is 41.9 Å². The van der Waals surface area contributed by atoms with Gasteiger partial charge in [0.2, 0.25) is 0 Å². The van der Waals surface area contributed by atoms with Crippen LogP contribution in [0.1, 0.15) is 25.3 Å². The summed E-state index contributed by atoms with van der Waals surface area (Å²) in [6.07, 6.45) is 1.48. The van der Waals surface area contributed by atoms with Crippen LogP contribution in [0.2, 0.25) is 0 Å². The Balaban J connectivity index is 1.95. The zero-order valence-corrected chi connectivity index (χ0v) is 12.3. The Hall–Kier alpha value is -1.36. The van der Waals surface area contributed by atoms with E-state index in [9.17, 15) is 4.79 Å². The Morgan fingerprint density at radius 2 is 2.32 bits per heavy atom. The largest absolute Gasteiger partial charge is 0.464 e. The molecule has 1 atom stereocenters. The molecule has 2 aliphatic heterocycles. The third-order valence-electron chi connectivity index (χ3n) is 3.58. The van der Waals surface area contributed by atoms with Gasteiger partial charge in [-0.2, -0.15) is 0 Å². The van der Waals surface area contributed by atoms with Crippen LogP contribution in [0.25, 0.3) is 0 Å². The number of carbonyl (C=O) groups excluding carboxylic acids is 1. The van der Waals surface area contributed by atoms with Gasteiger partial charge in [0.25, 0.3) is 0 Å².